The van der Waals surface area contributed by atoms with Gasteiger partial charge in [-0.15, -0.1) is 0 Å². The lowest BCUT2D eigenvalue weighted by Crippen LogP contribution is -1.77. The Morgan fingerprint density at radius 1 is 1.21 bits per heavy atom. The van der Waals surface area contributed by atoms with Crippen molar-refractivity contribution >= 4 is 17.8 Å². The summed E-state index contributed by atoms with van der Waals surface area (Å²) >= 11 is 0. The van der Waals surface area contributed by atoms with Crippen LogP contribution in [0.15, 0.2) is 23.2 Å². The van der Waals surface area contributed by atoms with Gasteiger partial charge < -0.3 is 0 Å². The minimum atomic E-state index is 0.738. The third kappa shape index (κ3) is 3.59. The van der Waals surface area contributed by atoms with Gasteiger partial charge in [-0.2, -0.15) is 4.99 Å². The van der Waals surface area contributed by atoms with E-state index in [2.05, 4.69) is 4.99 Å². The van der Waals surface area contributed by atoms with Crippen molar-refractivity contribution < 1.29 is 9.59 Å². The van der Waals surface area contributed by atoms with Crippen LogP contribution in [0.3, 0.4) is 0 Å². The van der Waals surface area contributed by atoms with Gasteiger partial charge in [-0.3, -0.25) is 0 Å². The molecule has 1 aromatic carbocycles. The zero-order valence-corrected chi connectivity index (χ0v) is 8.00. The van der Waals surface area contributed by atoms with E-state index >= 15 is 0 Å². The Morgan fingerprint density at radius 2 is 1.64 bits per heavy atom. The summed E-state index contributed by atoms with van der Waals surface area (Å²) in [6.07, 6.45) is 2.29. The van der Waals surface area contributed by atoms with E-state index in [0.717, 1.165) is 22.9 Å². The van der Waals surface area contributed by atoms with Crippen molar-refractivity contribution in [1.82, 2.24) is 0 Å². The first-order chi connectivity index (χ1) is 6.67. The second kappa shape index (κ2) is 6.49. The van der Waals surface area contributed by atoms with E-state index in [1.54, 1.807) is 6.08 Å². The number of para-hydroxylation sites is 1. The van der Waals surface area contributed by atoms with Crippen molar-refractivity contribution in [2.45, 2.75) is 13.8 Å². The topological polar surface area (TPSA) is 70.3 Å². The van der Waals surface area contributed by atoms with E-state index in [4.69, 9.17) is 10.2 Å². The van der Waals surface area contributed by atoms with Gasteiger partial charge in [0.05, 0.1) is 5.69 Å². The van der Waals surface area contributed by atoms with Crippen molar-refractivity contribution in [3.8, 4) is 0 Å². The Hall–Kier alpha value is -2.02. The maximum Gasteiger partial charge on any atom is 0.240 e. The molecule has 0 aromatic heterocycles. The number of aliphatic imine (C=N–C) groups is 1. The number of isocyanates is 2. The minimum Gasteiger partial charge on any atom is -0.222 e. The van der Waals surface area contributed by atoms with Crippen LogP contribution in [0.25, 0.3) is 0 Å². The summed E-state index contributed by atoms with van der Waals surface area (Å²) in [7, 11) is 0. The molecular weight excluding hydrogens is 180 g/mol. The molecule has 0 saturated carbocycles. The third-order valence-electron chi connectivity index (χ3n) is 1.60. The number of carbonyl (C=O) groups excluding carboxylic acids is 2. The Kier molecular flexibility index (Phi) is 5.55. The Labute approximate surface area is 81.8 Å². The number of hydrogen-bond donors (Lipinski definition) is 1. The molecule has 0 aliphatic rings. The summed E-state index contributed by atoms with van der Waals surface area (Å²) in [6.45, 7) is 3.84. The lowest BCUT2D eigenvalue weighted by molar-refractivity contribution is 0.562. The largest absolute Gasteiger partial charge is 0.240 e. The molecule has 0 aliphatic heterocycles. The van der Waals surface area contributed by atoms with Gasteiger partial charge in [-0.25, -0.2) is 15.0 Å². The molecule has 0 aliphatic carbocycles. The molecule has 72 valence electrons. The number of hydrogen-bond acceptors (Lipinski definition) is 4. The summed E-state index contributed by atoms with van der Waals surface area (Å²) in [5.41, 5.74) is 2.75. The van der Waals surface area contributed by atoms with Gasteiger partial charge in [0.2, 0.25) is 12.2 Å². The lowest BCUT2D eigenvalue weighted by Gasteiger charge is -1.99. The molecule has 0 radical (unpaired) electrons. The number of nitrogens with zero attached hydrogens (tertiary/aromatic N) is 1. The zero-order chi connectivity index (χ0) is 11.0. The Bertz CT molecular complexity index is 367. The van der Waals surface area contributed by atoms with Crippen LogP contribution in [0.5, 0.6) is 0 Å². The highest BCUT2D eigenvalue weighted by atomic mass is 16.1. The van der Waals surface area contributed by atoms with Gasteiger partial charge in [-0.1, -0.05) is 18.2 Å². The maximum absolute atomic E-state index is 9.99. The molecule has 1 N–H and O–H groups in total. The average molecular weight is 190 g/mol. The fourth-order valence-corrected chi connectivity index (χ4v) is 1.03. The minimum absolute atomic E-state index is 0.738. The van der Waals surface area contributed by atoms with Crippen molar-refractivity contribution in [2.75, 3.05) is 0 Å². The Balaban J connectivity index is 0.000000500. The fraction of sp³-hybridized carbons (Fsp3) is 0.200. The van der Waals surface area contributed by atoms with Crippen LogP contribution in [0, 0.1) is 19.3 Å². The predicted octanol–water partition coefficient (Wildman–Crippen LogP) is 2.17. The molecule has 0 unspecified atom stereocenters. The van der Waals surface area contributed by atoms with E-state index < -0.39 is 0 Å². The molecule has 0 atom stereocenters. The molecule has 0 saturated heterocycles. The van der Waals surface area contributed by atoms with Gasteiger partial charge in [0.15, 0.2) is 0 Å². The van der Waals surface area contributed by atoms with Crippen molar-refractivity contribution in [3.05, 3.63) is 29.3 Å². The summed E-state index contributed by atoms with van der Waals surface area (Å²) < 4.78 is 0. The van der Waals surface area contributed by atoms with Crippen LogP contribution in [0.2, 0.25) is 0 Å². The van der Waals surface area contributed by atoms with Crippen LogP contribution >= 0.6 is 0 Å². The average Bonchev–Trinajstić information content (AvgIpc) is 2.13. The molecule has 1 aromatic rings. The SMILES string of the molecule is Cc1cccc(C)c1N=C=O.N=C=O. The zero-order valence-electron chi connectivity index (χ0n) is 8.00. The monoisotopic (exact) mass is 190 g/mol. The standard InChI is InChI=1S/C9H9NO.CHNO/c1-7-4-3-5-8(2)9(7)10-6-11;2-1-3/h3-5H,1-2H3;2H. The van der Waals surface area contributed by atoms with E-state index in [0.29, 0.717) is 0 Å². The van der Waals surface area contributed by atoms with Crippen LogP contribution in [-0.2, 0) is 9.59 Å². The van der Waals surface area contributed by atoms with Gasteiger partial charge in [-0.05, 0) is 25.0 Å². The highest BCUT2D eigenvalue weighted by molar-refractivity contribution is 5.57. The molecule has 0 fully saturated rings. The van der Waals surface area contributed by atoms with Crippen LogP contribution in [-0.4, -0.2) is 12.2 Å². The van der Waals surface area contributed by atoms with E-state index in [9.17, 15) is 4.79 Å². The molecule has 14 heavy (non-hydrogen) atoms. The number of aryl methyl sites for hydroxylation is 2. The van der Waals surface area contributed by atoms with E-state index in [1.165, 1.54) is 0 Å². The first-order valence-electron chi connectivity index (χ1n) is 3.85. The summed E-state index contributed by atoms with van der Waals surface area (Å²) in [5.74, 6) is 0. The molecule has 0 spiro atoms. The summed E-state index contributed by atoms with van der Waals surface area (Å²) in [4.78, 5) is 21.9. The van der Waals surface area contributed by atoms with E-state index in [-0.39, 0.29) is 0 Å². The predicted molar refractivity (Wildman–Crippen MR) is 52.1 cm³/mol. The summed E-state index contributed by atoms with van der Waals surface area (Å²) in [5, 5.41) is 5.40. The molecule has 4 heteroatoms. The van der Waals surface area contributed by atoms with E-state index in [1.807, 2.05) is 32.0 Å². The maximum atomic E-state index is 9.99. The van der Waals surface area contributed by atoms with Crippen LogP contribution in [0.1, 0.15) is 11.1 Å². The quantitative estimate of drug-likeness (QED) is 0.544. The molecule has 1 rings (SSSR count). The van der Waals surface area contributed by atoms with Crippen molar-refractivity contribution in [2.24, 2.45) is 4.99 Å². The number of benzene rings is 1. The first kappa shape index (κ1) is 12.0. The fourth-order valence-electron chi connectivity index (χ4n) is 1.03. The number of nitrogens with one attached hydrogen (secondary N) is 1. The highest BCUT2D eigenvalue weighted by Gasteiger charge is 1.97. The van der Waals surface area contributed by atoms with Gasteiger partial charge in [0.1, 0.15) is 0 Å². The molecule has 0 bridgehead atoms. The Morgan fingerprint density at radius 3 is 2.00 bits per heavy atom. The van der Waals surface area contributed by atoms with Gasteiger partial charge >= 0.3 is 0 Å². The second-order valence-electron chi connectivity index (χ2n) is 2.55. The van der Waals surface area contributed by atoms with Gasteiger partial charge in [0, 0.05) is 0 Å². The molecule has 0 heterocycles. The van der Waals surface area contributed by atoms with Crippen molar-refractivity contribution in [1.29, 1.82) is 5.41 Å². The first-order valence-corrected chi connectivity index (χ1v) is 3.85. The summed E-state index contributed by atoms with van der Waals surface area (Å²) in [6, 6.07) is 5.78. The normalized spacial score (nSPS) is 7.57. The van der Waals surface area contributed by atoms with Crippen LogP contribution < -0.4 is 0 Å². The third-order valence-corrected chi connectivity index (χ3v) is 1.60. The van der Waals surface area contributed by atoms with Crippen LogP contribution in [0.4, 0.5) is 5.69 Å². The molecule has 0 amide bonds. The highest BCUT2D eigenvalue weighted by Crippen LogP contribution is 2.21. The smallest absolute Gasteiger partial charge is 0.222 e. The lowest BCUT2D eigenvalue weighted by atomic mass is 10.1. The number of rotatable bonds is 1. The van der Waals surface area contributed by atoms with Gasteiger partial charge in [0.25, 0.3) is 0 Å². The van der Waals surface area contributed by atoms with Crippen molar-refractivity contribution in [3.63, 3.8) is 0 Å². The molecule has 4 nitrogen and oxygen atoms in total. The molecular formula is C10H10N2O2. The second-order valence-corrected chi connectivity index (χ2v) is 2.55.